The molecule has 4 heterocycles. The van der Waals surface area contributed by atoms with Crippen molar-refractivity contribution < 1.29 is 5.11 Å². The minimum atomic E-state index is 0.216. The number of anilines is 2. The summed E-state index contributed by atoms with van der Waals surface area (Å²) in [5.74, 6) is 0.216. The number of pyridine rings is 1. The largest absolute Gasteiger partial charge is 0.508 e. The lowest BCUT2D eigenvalue weighted by atomic mass is 10.0. The summed E-state index contributed by atoms with van der Waals surface area (Å²) < 4.78 is 1.82. The Morgan fingerprint density at radius 1 is 1.08 bits per heavy atom. The van der Waals surface area contributed by atoms with Crippen LogP contribution in [0.3, 0.4) is 0 Å². The summed E-state index contributed by atoms with van der Waals surface area (Å²) in [6, 6.07) is 9.04. The minimum Gasteiger partial charge on any atom is -0.508 e. The molecule has 0 fully saturated rings. The summed E-state index contributed by atoms with van der Waals surface area (Å²) in [6.07, 6.45) is 8.97. The van der Waals surface area contributed by atoms with Crippen molar-refractivity contribution in [1.82, 2.24) is 19.6 Å². The Hall–Kier alpha value is -3.61. The number of aromatic hydroxyl groups is 1. The van der Waals surface area contributed by atoms with Gasteiger partial charge in [0.25, 0.3) is 0 Å². The van der Waals surface area contributed by atoms with E-state index in [1.54, 1.807) is 36.8 Å². The predicted octanol–water partition coefficient (Wildman–Crippen LogP) is 2.84. The first-order valence-electron chi connectivity index (χ1n) is 7.88. The van der Waals surface area contributed by atoms with Gasteiger partial charge in [-0.2, -0.15) is 5.10 Å². The van der Waals surface area contributed by atoms with Crippen LogP contribution in [0.4, 0.5) is 11.4 Å². The minimum absolute atomic E-state index is 0.216. The number of phenols is 1. The van der Waals surface area contributed by atoms with Crippen molar-refractivity contribution in [2.75, 3.05) is 10.4 Å². The lowest BCUT2D eigenvalue weighted by Gasteiger charge is -2.30. The van der Waals surface area contributed by atoms with Gasteiger partial charge in [0, 0.05) is 36.4 Å². The van der Waals surface area contributed by atoms with Gasteiger partial charge in [0.15, 0.2) is 0 Å². The fourth-order valence-corrected chi connectivity index (χ4v) is 3.19. The summed E-state index contributed by atoms with van der Waals surface area (Å²) in [4.78, 5) is 8.48. The maximum absolute atomic E-state index is 9.73. The molecule has 7 heteroatoms. The van der Waals surface area contributed by atoms with Crippen LogP contribution < -0.4 is 10.4 Å². The van der Waals surface area contributed by atoms with Gasteiger partial charge in [-0.05, 0) is 23.8 Å². The van der Waals surface area contributed by atoms with E-state index < -0.39 is 0 Å². The molecule has 0 bridgehead atoms. The molecular formula is C18H14N6O. The van der Waals surface area contributed by atoms with Crippen molar-refractivity contribution in [1.29, 1.82) is 0 Å². The standard InChI is InChI=1S/C18H14N6O/c25-14-3-1-2-13(8-14)21-24-11-12-4-5-19-9-15(12)17-18(24)16-10-20-6-7-23(16)22-17/h1-10,21,25H,11H2. The highest BCUT2D eigenvalue weighted by Gasteiger charge is 2.28. The van der Waals surface area contributed by atoms with Crippen LogP contribution in [0.1, 0.15) is 5.56 Å². The molecule has 0 radical (unpaired) electrons. The molecule has 25 heavy (non-hydrogen) atoms. The van der Waals surface area contributed by atoms with Crippen molar-refractivity contribution in [3.63, 3.8) is 0 Å². The Balaban J connectivity index is 1.69. The second-order valence-electron chi connectivity index (χ2n) is 5.88. The zero-order chi connectivity index (χ0) is 16.8. The average Bonchev–Trinajstić information content (AvgIpc) is 3.02. The fourth-order valence-electron chi connectivity index (χ4n) is 3.19. The topological polar surface area (TPSA) is 78.6 Å². The summed E-state index contributed by atoms with van der Waals surface area (Å²) in [5, 5.41) is 16.5. The van der Waals surface area contributed by atoms with Gasteiger partial charge in [-0.25, -0.2) is 4.52 Å². The number of fused-ring (bicyclic) bond motifs is 5. The zero-order valence-electron chi connectivity index (χ0n) is 13.2. The third-order valence-electron chi connectivity index (χ3n) is 4.29. The van der Waals surface area contributed by atoms with E-state index in [0.717, 1.165) is 33.7 Å². The molecule has 0 saturated heterocycles. The van der Waals surface area contributed by atoms with Gasteiger partial charge >= 0.3 is 0 Å². The average molecular weight is 330 g/mol. The van der Waals surface area contributed by atoms with E-state index >= 15 is 0 Å². The van der Waals surface area contributed by atoms with Gasteiger partial charge in [-0.3, -0.25) is 20.4 Å². The number of hydrogen-bond donors (Lipinski definition) is 2. The summed E-state index contributed by atoms with van der Waals surface area (Å²) in [6.45, 7) is 0.650. The highest BCUT2D eigenvalue weighted by atomic mass is 16.3. The number of hydrogen-bond acceptors (Lipinski definition) is 6. The van der Waals surface area contributed by atoms with Crippen LogP contribution in [0.15, 0.2) is 61.3 Å². The van der Waals surface area contributed by atoms with Crippen LogP contribution in [0.2, 0.25) is 0 Å². The van der Waals surface area contributed by atoms with Crippen LogP contribution in [0.25, 0.3) is 16.8 Å². The van der Waals surface area contributed by atoms with Crippen LogP contribution in [-0.4, -0.2) is 24.7 Å². The fraction of sp³-hybridized carbons (Fsp3) is 0.0556. The van der Waals surface area contributed by atoms with E-state index in [0.29, 0.717) is 6.54 Å². The van der Waals surface area contributed by atoms with E-state index in [-0.39, 0.29) is 5.75 Å². The highest BCUT2D eigenvalue weighted by molar-refractivity contribution is 5.91. The molecule has 4 aromatic rings. The van der Waals surface area contributed by atoms with E-state index in [2.05, 4.69) is 15.4 Å². The van der Waals surface area contributed by atoms with E-state index in [1.165, 1.54) is 0 Å². The number of nitrogens with zero attached hydrogens (tertiary/aromatic N) is 5. The molecule has 0 atom stereocenters. The van der Waals surface area contributed by atoms with Crippen molar-refractivity contribution in [2.45, 2.75) is 6.54 Å². The van der Waals surface area contributed by atoms with Gasteiger partial charge in [-0.15, -0.1) is 0 Å². The summed E-state index contributed by atoms with van der Waals surface area (Å²) in [7, 11) is 0. The molecule has 5 rings (SSSR count). The van der Waals surface area contributed by atoms with Crippen LogP contribution in [0, 0.1) is 0 Å². The van der Waals surface area contributed by atoms with Crippen molar-refractivity contribution in [3.05, 3.63) is 66.9 Å². The normalized spacial score (nSPS) is 12.7. The summed E-state index contributed by atoms with van der Waals surface area (Å²) in [5.41, 5.74) is 9.02. The third kappa shape index (κ3) is 2.17. The van der Waals surface area contributed by atoms with E-state index in [9.17, 15) is 5.11 Å². The van der Waals surface area contributed by atoms with Gasteiger partial charge in [0.05, 0.1) is 18.4 Å². The summed E-state index contributed by atoms with van der Waals surface area (Å²) >= 11 is 0. The predicted molar refractivity (Wildman–Crippen MR) is 94.1 cm³/mol. The van der Waals surface area contributed by atoms with Crippen LogP contribution in [0.5, 0.6) is 5.75 Å². The maximum Gasteiger partial charge on any atom is 0.121 e. The molecule has 3 aromatic heterocycles. The lowest BCUT2D eigenvalue weighted by Crippen LogP contribution is -2.32. The molecule has 7 nitrogen and oxygen atoms in total. The quantitative estimate of drug-likeness (QED) is 0.588. The third-order valence-corrected chi connectivity index (χ3v) is 4.29. The first-order chi connectivity index (χ1) is 12.3. The van der Waals surface area contributed by atoms with Crippen molar-refractivity contribution in [3.8, 4) is 17.0 Å². The molecule has 0 aliphatic carbocycles. The number of nitrogens with one attached hydrogen (secondary N) is 1. The Bertz CT molecular complexity index is 1090. The van der Waals surface area contributed by atoms with Crippen LogP contribution in [-0.2, 0) is 6.54 Å². The second-order valence-corrected chi connectivity index (χ2v) is 5.88. The van der Waals surface area contributed by atoms with Crippen LogP contribution >= 0.6 is 0 Å². The number of phenolic OH excluding ortho intramolecular Hbond substituents is 1. The highest BCUT2D eigenvalue weighted by Crippen LogP contribution is 2.40. The molecule has 1 aliphatic rings. The molecule has 122 valence electrons. The molecular weight excluding hydrogens is 316 g/mol. The van der Waals surface area contributed by atoms with Crippen molar-refractivity contribution >= 4 is 16.9 Å². The van der Waals surface area contributed by atoms with Gasteiger partial charge in [-0.1, -0.05) is 6.07 Å². The molecule has 0 unspecified atom stereocenters. The molecule has 0 spiro atoms. The van der Waals surface area contributed by atoms with Gasteiger partial charge < -0.3 is 5.11 Å². The molecule has 0 saturated carbocycles. The number of rotatable bonds is 2. The first-order valence-corrected chi connectivity index (χ1v) is 7.88. The van der Waals surface area contributed by atoms with E-state index in [1.807, 2.05) is 34.1 Å². The first kappa shape index (κ1) is 13.8. The van der Waals surface area contributed by atoms with Gasteiger partial charge in [0.1, 0.15) is 22.6 Å². The smallest absolute Gasteiger partial charge is 0.121 e. The Kier molecular flexibility index (Phi) is 2.87. The number of hydrazine groups is 1. The Morgan fingerprint density at radius 2 is 2.00 bits per heavy atom. The lowest BCUT2D eigenvalue weighted by molar-refractivity contribution is 0.475. The molecule has 2 N–H and O–H groups in total. The Labute approximate surface area is 143 Å². The van der Waals surface area contributed by atoms with E-state index in [4.69, 9.17) is 5.10 Å². The monoisotopic (exact) mass is 330 g/mol. The molecule has 0 amide bonds. The number of benzene rings is 1. The molecule has 1 aromatic carbocycles. The second kappa shape index (κ2) is 5.20. The Morgan fingerprint density at radius 3 is 2.92 bits per heavy atom. The maximum atomic E-state index is 9.73. The van der Waals surface area contributed by atoms with Gasteiger partial charge in [0.2, 0.25) is 0 Å². The SMILES string of the molecule is Oc1cccc(NN2Cc3ccncc3-c3nn4ccncc4c32)c1. The number of aromatic nitrogens is 4. The van der Waals surface area contributed by atoms with Crippen molar-refractivity contribution in [2.24, 2.45) is 0 Å². The zero-order valence-corrected chi connectivity index (χ0v) is 13.2. The molecule has 1 aliphatic heterocycles.